The van der Waals surface area contributed by atoms with Crippen LogP contribution in [0.1, 0.15) is 0 Å². The maximum atomic E-state index is 14.1. The molecule has 3 rings (SSSR count). The van der Waals surface area contributed by atoms with Gasteiger partial charge in [-0.2, -0.15) is 4.98 Å². The minimum atomic E-state index is -0.610. The summed E-state index contributed by atoms with van der Waals surface area (Å²) in [6.07, 6.45) is 2.24. The van der Waals surface area contributed by atoms with Gasteiger partial charge in [-0.15, -0.1) is 0 Å². The van der Waals surface area contributed by atoms with E-state index in [9.17, 15) is 9.18 Å². The Morgan fingerprint density at radius 2 is 1.86 bits per heavy atom. The highest BCUT2D eigenvalue weighted by atomic mass is 19.1. The highest BCUT2D eigenvalue weighted by Gasteiger charge is 2.09. The van der Waals surface area contributed by atoms with E-state index in [4.69, 9.17) is 4.74 Å². The Hall–Kier alpha value is -3.94. The predicted octanol–water partition coefficient (Wildman–Crippen LogP) is 4.24. The molecule has 1 heterocycles. The van der Waals surface area contributed by atoms with E-state index < -0.39 is 5.82 Å². The molecule has 3 aromatic rings. The Balaban J connectivity index is 1.77. The topological polar surface area (TPSA) is 88.2 Å². The molecule has 1 aromatic heterocycles. The smallest absolute Gasteiger partial charge is 0.247 e. The van der Waals surface area contributed by atoms with Crippen molar-refractivity contribution in [1.82, 2.24) is 9.97 Å². The zero-order valence-corrected chi connectivity index (χ0v) is 15.1. The maximum absolute atomic E-state index is 14.1. The Morgan fingerprint density at radius 1 is 1.11 bits per heavy atom. The van der Waals surface area contributed by atoms with Crippen molar-refractivity contribution in [2.75, 3.05) is 23.1 Å². The summed E-state index contributed by atoms with van der Waals surface area (Å²) in [6, 6.07) is 14.0. The molecule has 0 fully saturated rings. The van der Waals surface area contributed by atoms with E-state index in [1.165, 1.54) is 6.08 Å². The van der Waals surface area contributed by atoms with Crippen LogP contribution in [0.2, 0.25) is 0 Å². The first-order chi connectivity index (χ1) is 13.6. The number of halogens is 1. The quantitative estimate of drug-likeness (QED) is 0.532. The molecule has 7 nitrogen and oxygen atoms in total. The number of ether oxygens (including phenoxy) is 1. The lowest BCUT2D eigenvalue weighted by atomic mass is 10.2. The van der Waals surface area contributed by atoms with Gasteiger partial charge in [-0.3, -0.25) is 4.79 Å². The largest absolute Gasteiger partial charge is 0.497 e. The van der Waals surface area contributed by atoms with Crippen molar-refractivity contribution in [1.29, 1.82) is 0 Å². The fourth-order valence-corrected chi connectivity index (χ4v) is 2.32. The molecule has 28 heavy (non-hydrogen) atoms. The van der Waals surface area contributed by atoms with Crippen LogP contribution < -0.4 is 20.7 Å². The number of carbonyl (C=O) groups is 1. The van der Waals surface area contributed by atoms with Crippen LogP contribution in [0.5, 0.6) is 5.75 Å². The number of aromatic nitrogens is 2. The van der Waals surface area contributed by atoms with Crippen LogP contribution in [0.3, 0.4) is 0 Å². The van der Waals surface area contributed by atoms with E-state index in [2.05, 4.69) is 32.5 Å². The second-order valence-corrected chi connectivity index (χ2v) is 5.64. The van der Waals surface area contributed by atoms with Gasteiger partial charge < -0.3 is 20.7 Å². The summed E-state index contributed by atoms with van der Waals surface area (Å²) >= 11 is 0. The lowest BCUT2D eigenvalue weighted by molar-refractivity contribution is -0.111. The van der Waals surface area contributed by atoms with E-state index >= 15 is 0 Å². The van der Waals surface area contributed by atoms with Crippen LogP contribution in [0, 0.1) is 5.82 Å². The van der Waals surface area contributed by atoms with Crippen LogP contribution in [0.25, 0.3) is 0 Å². The van der Waals surface area contributed by atoms with Crippen LogP contribution in [-0.4, -0.2) is 23.0 Å². The van der Waals surface area contributed by atoms with Crippen LogP contribution in [0.4, 0.5) is 33.2 Å². The number of anilines is 5. The number of amides is 1. The molecule has 1 amide bonds. The molecule has 2 aromatic carbocycles. The number of carbonyl (C=O) groups excluding carboxylic acids is 1. The first kappa shape index (κ1) is 18.8. The second kappa shape index (κ2) is 8.63. The zero-order valence-electron chi connectivity index (χ0n) is 15.1. The third-order valence-corrected chi connectivity index (χ3v) is 3.67. The highest BCUT2D eigenvalue weighted by molar-refractivity contribution is 5.99. The van der Waals surface area contributed by atoms with E-state index in [1.807, 2.05) is 0 Å². The summed E-state index contributed by atoms with van der Waals surface area (Å²) in [5.41, 5.74) is 1.82. The molecule has 0 aliphatic carbocycles. The fraction of sp³-hybridized carbons (Fsp3) is 0.0500. The fourth-order valence-electron chi connectivity index (χ4n) is 2.32. The van der Waals surface area contributed by atoms with Gasteiger partial charge in [-0.1, -0.05) is 12.6 Å². The first-order valence-electron chi connectivity index (χ1n) is 8.31. The summed E-state index contributed by atoms with van der Waals surface area (Å²) in [4.78, 5) is 19.5. The van der Waals surface area contributed by atoms with Gasteiger partial charge in [0.15, 0.2) is 11.6 Å². The molecule has 0 saturated carbocycles. The van der Waals surface area contributed by atoms with Crippen LogP contribution in [0.15, 0.2) is 67.4 Å². The van der Waals surface area contributed by atoms with Crippen LogP contribution in [-0.2, 0) is 4.79 Å². The van der Waals surface area contributed by atoms with Crippen molar-refractivity contribution in [3.63, 3.8) is 0 Å². The van der Waals surface area contributed by atoms with Crippen molar-refractivity contribution in [2.45, 2.75) is 0 Å². The minimum Gasteiger partial charge on any atom is -0.497 e. The molecule has 3 N–H and O–H groups in total. The number of methoxy groups -OCH3 is 1. The highest BCUT2D eigenvalue weighted by Crippen LogP contribution is 2.23. The molecule has 142 valence electrons. The number of rotatable bonds is 7. The number of nitrogens with one attached hydrogen (secondary N) is 3. The normalized spacial score (nSPS) is 10.1. The van der Waals surface area contributed by atoms with Gasteiger partial charge >= 0.3 is 0 Å². The van der Waals surface area contributed by atoms with Gasteiger partial charge in [-0.05, 0) is 48.5 Å². The predicted molar refractivity (Wildman–Crippen MR) is 107 cm³/mol. The minimum absolute atomic E-state index is 0.00166. The van der Waals surface area contributed by atoms with Gasteiger partial charge in [0.05, 0.1) is 13.3 Å². The third-order valence-electron chi connectivity index (χ3n) is 3.67. The average Bonchev–Trinajstić information content (AvgIpc) is 2.71. The summed E-state index contributed by atoms with van der Waals surface area (Å²) in [6.45, 7) is 3.40. The number of hydrogen-bond acceptors (Lipinski definition) is 6. The van der Waals surface area contributed by atoms with Crippen molar-refractivity contribution in [2.24, 2.45) is 0 Å². The standard InChI is InChI=1S/C20H18FN5O2/c1-3-18(27)23-14-5-4-6-15(11-14)24-19-17(21)12-22-20(26-19)25-13-7-9-16(28-2)10-8-13/h3-12H,1H2,2H3,(H,23,27)(H2,22,24,25,26). The van der Waals surface area contributed by atoms with Gasteiger partial charge in [0, 0.05) is 17.1 Å². The molecular weight excluding hydrogens is 361 g/mol. The van der Waals surface area contributed by atoms with Crippen molar-refractivity contribution in [3.8, 4) is 5.75 Å². The summed E-state index contributed by atoms with van der Waals surface area (Å²) < 4.78 is 19.3. The van der Waals surface area contributed by atoms with Gasteiger partial charge in [0.25, 0.3) is 0 Å². The lowest BCUT2D eigenvalue weighted by Crippen LogP contribution is -2.07. The number of benzene rings is 2. The van der Waals surface area contributed by atoms with Crippen molar-refractivity contribution in [3.05, 3.63) is 73.2 Å². The second-order valence-electron chi connectivity index (χ2n) is 5.64. The SMILES string of the molecule is C=CC(=O)Nc1cccc(Nc2nc(Nc3ccc(OC)cc3)ncc2F)c1. The Labute approximate surface area is 161 Å². The van der Waals surface area contributed by atoms with Crippen LogP contribution >= 0.6 is 0 Å². The lowest BCUT2D eigenvalue weighted by Gasteiger charge is -2.11. The Bertz CT molecular complexity index is 992. The molecule has 0 atom stereocenters. The summed E-state index contributed by atoms with van der Waals surface area (Å²) in [5.74, 6) is -0.00287. The molecule has 0 unspecified atom stereocenters. The molecule has 0 spiro atoms. The molecule has 0 saturated heterocycles. The third kappa shape index (κ3) is 4.82. The molecule has 8 heteroatoms. The summed E-state index contributed by atoms with van der Waals surface area (Å²) in [7, 11) is 1.58. The van der Waals surface area contributed by atoms with Gasteiger partial charge in [-0.25, -0.2) is 9.37 Å². The average molecular weight is 379 g/mol. The Morgan fingerprint density at radius 3 is 2.57 bits per heavy atom. The van der Waals surface area contributed by atoms with E-state index in [0.717, 1.165) is 17.6 Å². The van der Waals surface area contributed by atoms with Gasteiger partial charge in [0.1, 0.15) is 5.75 Å². The van der Waals surface area contributed by atoms with E-state index in [-0.39, 0.29) is 17.7 Å². The van der Waals surface area contributed by atoms with Crippen molar-refractivity contribution < 1.29 is 13.9 Å². The first-order valence-corrected chi connectivity index (χ1v) is 8.31. The van der Waals surface area contributed by atoms with E-state index in [1.54, 1.807) is 55.6 Å². The summed E-state index contributed by atoms with van der Waals surface area (Å²) in [5, 5.41) is 8.53. The molecule has 0 aliphatic rings. The number of nitrogens with zero attached hydrogens (tertiary/aromatic N) is 2. The molecular formula is C20H18FN5O2. The maximum Gasteiger partial charge on any atom is 0.247 e. The Kier molecular flexibility index (Phi) is 5.81. The van der Waals surface area contributed by atoms with Crippen molar-refractivity contribution >= 4 is 34.7 Å². The zero-order chi connectivity index (χ0) is 19.9. The number of hydrogen-bond donors (Lipinski definition) is 3. The molecule has 0 bridgehead atoms. The molecule has 0 radical (unpaired) electrons. The monoisotopic (exact) mass is 379 g/mol. The van der Waals surface area contributed by atoms with Gasteiger partial charge in [0.2, 0.25) is 11.9 Å². The van der Waals surface area contributed by atoms with E-state index in [0.29, 0.717) is 11.4 Å². The molecule has 0 aliphatic heterocycles.